The third-order valence-electron chi connectivity index (χ3n) is 5.10. The van der Waals surface area contributed by atoms with Gasteiger partial charge in [-0.2, -0.15) is 0 Å². The zero-order chi connectivity index (χ0) is 25.1. The van der Waals surface area contributed by atoms with E-state index in [0.717, 1.165) is 21.7 Å². The Morgan fingerprint density at radius 1 is 1.11 bits per heavy atom. The molecule has 0 aliphatic heterocycles. The monoisotopic (exact) mass is 555 g/mol. The fourth-order valence-electron chi connectivity index (χ4n) is 3.50. The summed E-state index contributed by atoms with van der Waals surface area (Å²) in [4.78, 5) is 18.0. The van der Waals surface area contributed by atoms with E-state index in [-0.39, 0.29) is 11.7 Å². The van der Waals surface area contributed by atoms with Crippen molar-refractivity contribution in [2.45, 2.75) is 18.5 Å². The Morgan fingerprint density at radius 3 is 2.61 bits per heavy atom. The summed E-state index contributed by atoms with van der Waals surface area (Å²) in [6, 6.07) is 17.0. The minimum atomic E-state index is -0.190. The number of carbonyl (C=O) groups is 1. The van der Waals surface area contributed by atoms with Crippen LogP contribution in [0, 0.1) is 6.92 Å². The van der Waals surface area contributed by atoms with E-state index in [4.69, 9.17) is 27.6 Å². The van der Waals surface area contributed by atoms with Crippen LogP contribution in [-0.2, 0) is 11.2 Å². The van der Waals surface area contributed by atoms with E-state index < -0.39 is 0 Å². The number of aromatic nitrogens is 4. The highest BCUT2D eigenvalue weighted by molar-refractivity contribution is 7.99. The van der Waals surface area contributed by atoms with E-state index in [9.17, 15) is 4.79 Å². The number of halogens is 2. The lowest BCUT2D eigenvalue weighted by molar-refractivity contribution is -0.113. The lowest BCUT2D eigenvalue weighted by atomic mass is 10.1. The molecule has 5 aromatic rings. The van der Waals surface area contributed by atoms with Crippen LogP contribution in [0.3, 0.4) is 0 Å². The largest absolute Gasteiger partial charge is 0.461 e. The lowest BCUT2D eigenvalue weighted by Gasteiger charge is -2.09. The molecule has 0 spiro atoms. The molecule has 1 N–H and O–H groups in total. The summed E-state index contributed by atoms with van der Waals surface area (Å²) < 4.78 is 7.43. The molecule has 7 nitrogen and oxygen atoms in total. The Kier molecular flexibility index (Phi) is 7.43. The second kappa shape index (κ2) is 10.9. The van der Waals surface area contributed by atoms with Gasteiger partial charge in [0.2, 0.25) is 11.7 Å². The Balaban J connectivity index is 1.27. The van der Waals surface area contributed by atoms with Crippen LogP contribution in [0.25, 0.3) is 17.3 Å². The average Bonchev–Trinajstić information content (AvgIpc) is 3.59. The van der Waals surface area contributed by atoms with Gasteiger partial charge in [-0.25, -0.2) is 4.98 Å². The number of rotatable bonds is 8. The topological polar surface area (TPSA) is 85.8 Å². The van der Waals surface area contributed by atoms with Crippen LogP contribution in [0.4, 0.5) is 5.13 Å². The minimum Gasteiger partial charge on any atom is -0.461 e. The molecule has 3 aromatic heterocycles. The summed E-state index contributed by atoms with van der Waals surface area (Å²) >= 11 is 14.9. The Morgan fingerprint density at radius 2 is 1.89 bits per heavy atom. The molecule has 0 saturated heterocycles. The number of carbonyl (C=O) groups excluding carboxylic acids is 1. The smallest absolute Gasteiger partial charge is 0.236 e. The zero-order valence-corrected chi connectivity index (χ0v) is 22.1. The molecule has 1 amide bonds. The van der Waals surface area contributed by atoms with E-state index in [2.05, 4.69) is 20.5 Å². The number of thiazole rings is 1. The predicted octanol–water partition coefficient (Wildman–Crippen LogP) is 6.92. The summed E-state index contributed by atoms with van der Waals surface area (Å²) in [6.45, 7) is 2.03. The normalized spacial score (nSPS) is 11.1. The minimum absolute atomic E-state index is 0.140. The summed E-state index contributed by atoms with van der Waals surface area (Å²) in [5.41, 5.74) is 3.00. The number of nitrogens with one attached hydrogen (secondary N) is 1. The lowest BCUT2D eigenvalue weighted by Crippen LogP contribution is -2.14. The van der Waals surface area contributed by atoms with Crippen molar-refractivity contribution in [3.8, 4) is 17.3 Å². The van der Waals surface area contributed by atoms with Gasteiger partial charge in [0.25, 0.3) is 0 Å². The van der Waals surface area contributed by atoms with E-state index in [0.29, 0.717) is 38.3 Å². The zero-order valence-electron chi connectivity index (χ0n) is 18.9. The van der Waals surface area contributed by atoms with Gasteiger partial charge in [0.1, 0.15) is 0 Å². The van der Waals surface area contributed by atoms with Crippen LogP contribution in [-0.4, -0.2) is 31.4 Å². The Labute approximate surface area is 225 Å². The van der Waals surface area contributed by atoms with Crippen LogP contribution < -0.4 is 5.32 Å². The first kappa shape index (κ1) is 24.6. The van der Waals surface area contributed by atoms with Gasteiger partial charge in [-0.3, -0.25) is 9.36 Å². The summed E-state index contributed by atoms with van der Waals surface area (Å²) in [5, 5.41) is 13.8. The quantitative estimate of drug-likeness (QED) is 0.209. The molecule has 3 heterocycles. The van der Waals surface area contributed by atoms with Gasteiger partial charge >= 0.3 is 0 Å². The van der Waals surface area contributed by atoms with E-state index in [1.54, 1.807) is 24.6 Å². The van der Waals surface area contributed by atoms with Crippen LogP contribution in [0.15, 0.2) is 76.6 Å². The van der Waals surface area contributed by atoms with Gasteiger partial charge in [-0.1, -0.05) is 52.7 Å². The maximum absolute atomic E-state index is 12.7. The second-order valence-corrected chi connectivity index (χ2v) is 10.8. The van der Waals surface area contributed by atoms with Crippen molar-refractivity contribution < 1.29 is 9.21 Å². The number of anilines is 1. The van der Waals surface area contributed by atoms with Gasteiger partial charge in [0, 0.05) is 33.2 Å². The molecule has 0 unspecified atom stereocenters. The molecule has 5 rings (SSSR count). The molecule has 2 aromatic carbocycles. The van der Waals surface area contributed by atoms with E-state index in [1.165, 1.54) is 23.1 Å². The average molecular weight is 557 g/mol. The number of hydrogen-bond acceptors (Lipinski definition) is 7. The van der Waals surface area contributed by atoms with Crippen LogP contribution in [0.5, 0.6) is 0 Å². The maximum atomic E-state index is 12.7. The van der Waals surface area contributed by atoms with Crippen molar-refractivity contribution in [3.05, 3.63) is 93.1 Å². The molecule has 0 saturated carbocycles. The standard InChI is InChI=1S/C25H19Cl2N5O2S2/c1-15-4-6-19(7-5-15)32-23(21-3-2-8-34-21)30-31-25(32)35-14-22(33)29-24-28-13-20(36-24)11-16-9-17(26)12-18(27)10-16/h2-10,12-13H,11,14H2,1H3,(H,28,29,33). The van der Waals surface area contributed by atoms with Crippen LogP contribution in [0.1, 0.15) is 16.0 Å². The number of aryl methyl sites for hydroxylation is 1. The fraction of sp³-hybridized carbons (Fsp3) is 0.120. The number of amides is 1. The van der Waals surface area contributed by atoms with Gasteiger partial charge in [0.15, 0.2) is 16.0 Å². The van der Waals surface area contributed by atoms with Gasteiger partial charge < -0.3 is 9.73 Å². The fourth-order valence-corrected chi connectivity index (χ4v) is 5.69. The van der Waals surface area contributed by atoms with Crippen molar-refractivity contribution in [1.82, 2.24) is 19.7 Å². The summed E-state index contributed by atoms with van der Waals surface area (Å²) in [5.74, 6) is 1.11. The first-order chi connectivity index (χ1) is 17.4. The Hall–Kier alpha value is -3.11. The molecule has 0 bridgehead atoms. The summed E-state index contributed by atoms with van der Waals surface area (Å²) in [7, 11) is 0. The molecule has 182 valence electrons. The van der Waals surface area contributed by atoms with E-state index >= 15 is 0 Å². The number of hydrogen-bond donors (Lipinski definition) is 1. The number of furan rings is 1. The van der Waals surface area contributed by atoms with Gasteiger partial charge in [-0.05, 0) is 55.0 Å². The highest BCUT2D eigenvalue weighted by Crippen LogP contribution is 2.29. The maximum Gasteiger partial charge on any atom is 0.236 e. The molecule has 0 radical (unpaired) electrons. The van der Waals surface area contributed by atoms with Crippen molar-refractivity contribution >= 4 is 57.3 Å². The Bertz CT molecular complexity index is 1480. The molecule has 11 heteroatoms. The molecule has 0 fully saturated rings. The molecule has 36 heavy (non-hydrogen) atoms. The molecule has 0 aliphatic rings. The summed E-state index contributed by atoms with van der Waals surface area (Å²) in [6.07, 6.45) is 3.96. The highest BCUT2D eigenvalue weighted by Gasteiger charge is 2.19. The third-order valence-corrected chi connectivity index (χ3v) is 7.38. The van der Waals surface area contributed by atoms with Gasteiger partial charge in [-0.15, -0.1) is 21.5 Å². The number of nitrogens with zero attached hydrogens (tertiary/aromatic N) is 4. The SMILES string of the molecule is Cc1ccc(-n2c(SCC(=O)Nc3ncc(Cc4cc(Cl)cc(Cl)c4)s3)nnc2-c2ccco2)cc1. The highest BCUT2D eigenvalue weighted by atomic mass is 35.5. The molecule has 0 atom stereocenters. The van der Waals surface area contributed by atoms with E-state index in [1.807, 2.05) is 54.0 Å². The van der Waals surface area contributed by atoms with Crippen molar-refractivity contribution in [2.24, 2.45) is 0 Å². The predicted molar refractivity (Wildman–Crippen MR) is 145 cm³/mol. The second-order valence-electron chi connectivity index (χ2n) is 7.88. The van der Waals surface area contributed by atoms with Crippen molar-refractivity contribution in [1.29, 1.82) is 0 Å². The van der Waals surface area contributed by atoms with Gasteiger partial charge in [0.05, 0.1) is 12.0 Å². The molecular weight excluding hydrogens is 537 g/mol. The first-order valence-corrected chi connectivity index (χ1v) is 13.4. The first-order valence-electron chi connectivity index (χ1n) is 10.8. The van der Waals surface area contributed by atoms with Crippen molar-refractivity contribution in [3.63, 3.8) is 0 Å². The van der Waals surface area contributed by atoms with Crippen LogP contribution in [0.2, 0.25) is 10.0 Å². The molecular formula is C25H19Cl2N5O2S2. The third kappa shape index (κ3) is 5.82. The number of benzene rings is 2. The van der Waals surface area contributed by atoms with Crippen molar-refractivity contribution in [2.75, 3.05) is 11.1 Å². The van der Waals surface area contributed by atoms with Crippen LogP contribution >= 0.6 is 46.3 Å². The number of thioether (sulfide) groups is 1. The molecule has 0 aliphatic carbocycles.